The molecule has 1 aromatic carbocycles. The minimum atomic E-state index is -0.486. The Morgan fingerprint density at radius 2 is 2.24 bits per heavy atom. The Balaban J connectivity index is 2.27. The lowest BCUT2D eigenvalue weighted by Crippen LogP contribution is -2.47. The van der Waals surface area contributed by atoms with Crippen molar-refractivity contribution in [1.29, 1.82) is 0 Å². The van der Waals surface area contributed by atoms with E-state index in [9.17, 15) is 14.9 Å². The number of hydrogen-bond acceptors (Lipinski definition) is 6. The highest BCUT2D eigenvalue weighted by molar-refractivity contribution is 5.80. The molecule has 21 heavy (non-hydrogen) atoms. The number of primary amides is 1. The summed E-state index contributed by atoms with van der Waals surface area (Å²) in [6.45, 7) is 1.13. The second-order valence-corrected chi connectivity index (χ2v) is 5.10. The standard InChI is InChI=1S/C13H19N5O3/c14-13(19)11-5-1-2-7-17(11)8-9-4-3-6-10(18(20)21)12(9)16-15/h3-4,6,11,16H,1-2,5,7-8,15H2,(H2,14,19). The summed E-state index contributed by atoms with van der Waals surface area (Å²) in [7, 11) is 0. The summed E-state index contributed by atoms with van der Waals surface area (Å²) in [4.78, 5) is 24.0. The van der Waals surface area contributed by atoms with Crippen molar-refractivity contribution >= 4 is 17.3 Å². The highest BCUT2D eigenvalue weighted by atomic mass is 16.6. The van der Waals surface area contributed by atoms with Gasteiger partial charge >= 0.3 is 0 Å². The fraction of sp³-hybridized carbons (Fsp3) is 0.462. The first kappa shape index (κ1) is 15.2. The van der Waals surface area contributed by atoms with Crippen molar-refractivity contribution in [2.75, 3.05) is 12.0 Å². The van der Waals surface area contributed by atoms with E-state index in [0.717, 1.165) is 25.8 Å². The van der Waals surface area contributed by atoms with Gasteiger partial charge in [-0.25, -0.2) is 0 Å². The molecular formula is C13H19N5O3. The van der Waals surface area contributed by atoms with Gasteiger partial charge in [0, 0.05) is 12.6 Å². The number of likely N-dealkylation sites (tertiary alicyclic amines) is 1. The number of nitrogens with two attached hydrogens (primary N) is 2. The number of rotatable bonds is 5. The van der Waals surface area contributed by atoms with Gasteiger partial charge in [0.05, 0.1) is 11.0 Å². The van der Waals surface area contributed by atoms with E-state index in [2.05, 4.69) is 5.43 Å². The molecule has 114 valence electrons. The zero-order valence-electron chi connectivity index (χ0n) is 11.6. The Bertz CT molecular complexity index is 549. The van der Waals surface area contributed by atoms with Gasteiger partial charge in [-0.2, -0.15) is 0 Å². The fourth-order valence-corrected chi connectivity index (χ4v) is 2.76. The number of amides is 1. The Morgan fingerprint density at radius 3 is 2.86 bits per heavy atom. The molecule has 1 heterocycles. The van der Waals surface area contributed by atoms with Gasteiger partial charge in [0.15, 0.2) is 0 Å². The van der Waals surface area contributed by atoms with Crippen molar-refractivity contribution in [2.45, 2.75) is 31.8 Å². The third-order valence-corrected chi connectivity index (χ3v) is 3.79. The lowest BCUT2D eigenvalue weighted by molar-refractivity contribution is -0.384. The quantitative estimate of drug-likeness (QED) is 0.417. The van der Waals surface area contributed by atoms with Gasteiger partial charge in [-0.3, -0.25) is 25.7 Å². The van der Waals surface area contributed by atoms with Gasteiger partial charge in [-0.1, -0.05) is 18.6 Å². The first-order valence-electron chi connectivity index (χ1n) is 6.81. The third kappa shape index (κ3) is 3.29. The Hall–Kier alpha value is -2.19. The van der Waals surface area contributed by atoms with Gasteiger partial charge in [-0.05, 0) is 24.9 Å². The molecule has 0 spiro atoms. The minimum Gasteiger partial charge on any atom is -0.368 e. The largest absolute Gasteiger partial charge is 0.368 e. The van der Waals surface area contributed by atoms with Crippen LogP contribution in [0.3, 0.4) is 0 Å². The summed E-state index contributed by atoms with van der Waals surface area (Å²) < 4.78 is 0. The third-order valence-electron chi connectivity index (χ3n) is 3.79. The Labute approximate surface area is 122 Å². The van der Waals surface area contributed by atoms with Crippen molar-refractivity contribution in [3.8, 4) is 0 Å². The smallest absolute Gasteiger partial charge is 0.293 e. The number of carbonyl (C=O) groups is 1. The molecule has 0 aromatic heterocycles. The molecule has 1 aliphatic rings. The number of piperidine rings is 1. The maximum absolute atomic E-state index is 11.5. The molecule has 0 bridgehead atoms. The predicted octanol–water partition coefficient (Wildman–Crippen LogP) is 0.720. The predicted molar refractivity (Wildman–Crippen MR) is 78.1 cm³/mol. The number of hydrazine groups is 1. The number of nitrogens with one attached hydrogen (secondary N) is 1. The van der Waals surface area contributed by atoms with E-state index in [1.54, 1.807) is 12.1 Å². The highest BCUT2D eigenvalue weighted by Gasteiger charge is 2.28. The number of nitro benzene ring substituents is 1. The molecule has 1 atom stereocenters. The van der Waals surface area contributed by atoms with Gasteiger partial charge in [-0.15, -0.1) is 0 Å². The molecule has 1 fully saturated rings. The maximum atomic E-state index is 11.5. The number of nitro groups is 1. The molecule has 1 saturated heterocycles. The van der Waals surface area contributed by atoms with E-state index >= 15 is 0 Å². The molecule has 1 amide bonds. The number of carbonyl (C=O) groups excluding carboxylic acids is 1. The second kappa shape index (κ2) is 6.51. The van der Waals surface area contributed by atoms with Crippen LogP contribution in [0.1, 0.15) is 24.8 Å². The summed E-state index contributed by atoms with van der Waals surface area (Å²) in [5, 5.41) is 11.0. The number of anilines is 1. The first-order chi connectivity index (χ1) is 10.0. The summed E-state index contributed by atoms with van der Waals surface area (Å²) in [6.07, 6.45) is 2.65. The van der Waals surface area contributed by atoms with Crippen LogP contribution in [-0.4, -0.2) is 28.3 Å². The number of para-hydroxylation sites is 1. The zero-order chi connectivity index (χ0) is 15.4. The van der Waals surface area contributed by atoms with Crippen LogP contribution in [0.15, 0.2) is 18.2 Å². The average Bonchev–Trinajstić information content (AvgIpc) is 2.47. The van der Waals surface area contributed by atoms with Gasteiger partial charge in [0.2, 0.25) is 5.91 Å². The lowest BCUT2D eigenvalue weighted by Gasteiger charge is -2.33. The van der Waals surface area contributed by atoms with Crippen LogP contribution in [0, 0.1) is 10.1 Å². The number of hydrogen-bond donors (Lipinski definition) is 3. The number of nitrogen functional groups attached to an aromatic ring is 1. The number of benzene rings is 1. The molecule has 0 saturated carbocycles. The second-order valence-electron chi connectivity index (χ2n) is 5.10. The van der Waals surface area contributed by atoms with E-state index in [4.69, 9.17) is 11.6 Å². The molecule has 2 rings (SSSR count). The van der Waals surface area contributed by atoms with Crippen molar-refractivity contribution in [3.05, 3.63) is 33.9 Å². The normalized spacial score (nSPS) is 19.2. The van der Waals surface area contributed by atoms with Crippen LogP contribution < -0.4 is 17.0 Å². The van der Waals surface area contributed by atoms with Crippen LogP contribution in [0.5, 0.6) is 0 Å². The lowest BCUT2D eigenvalue weighted by atomic mass is 10.00. The highest BCUT2D eigenvalue weighted by Crippen LogP contribution is 2.30. The van der Waals surface area contributed by atoms with E-state index in [-0.39, 0.29) is 23.3 Å². The van der Waals surface area contributed by atoms with E-state index in [0.29, 0.717) is 12.1 Å². The Kier molecular flexibility index (Phi) is 4.71. The van der Waals surface area contributed by atoms with E-state index < -0.39 is 4.92 Å². The van der Waals surface area contributed by atoms with Crippen LogP contribution in [0.25, 0.3) is 0 Å². The summed E-state index contributed by atoms with van der Waals surface area (Å²) in [5.74, 6) is 5.07. The molecule has 1 aromatic rings. The maximum Gasteiger partial charge on any atom is 0.293 e. The van der Waals surface area contributed by atoms with Crippen molar-refractivity contribution in [1.82, 2.24) is 4.90 Å². The van der Waals surface area contributed by atoms with Crippen molar-refractivity contribution in [2.24, 2.45) is 11.6 Å². The summed E-state index contributed by atoms with van der Waals surface area (Å²) in [6, 6.07) is 4.43. The van der Waals surface area contributed by atoms with Crippen LogP contribution in [-0.2, 0) is 11.3 Å². The molecular weight excluding hydrogens is 274 g/mol. The zero-order valence-corrected chi connectivity index (χ0v) is 11.6. The molecule has 8 heteroatoms. The fourth-order valence-electron chi connectivity index (χ4n) is 2.76. The Morgan fingerprint density at radius 1 is 1.48 bits per heavy atom. The molecule has 8 nitrogen and oxygen atoms in total. The van der Waals surface area contributed by atoms with Crippen LogP contribution in [0.2, 0.25) is 0 Å². The van der Waals surface area contributed by atoms with Gasteiger partial charge in [0.25, 0.3) is 5.69 Å². The van der Waals surface area contributed by atoms with Crippen LogP contribution >= 0.6 is 0 Å². The van der Waals surface area contributed by atoms with Crippen LogP contribution in [0.4, 0.5) is 11.4 Å². The molecule has 1 aliphatic heterocycles. The number of nitrogens with zero attached hydrogens (tertiary/aromatic N) is 2. The summed E-state index contributed by atoms with van der Waals surface area (Å²) in [5.41, 5.74) is 8.70. The first-order valence-corrected chi connectivity index (χ1v) is 6.81. The van der Waals surface area contributed by atoms with E-state index in [1.165, 1.54) is 6.07 Å². The van der Waals surface area contributed by atoms with E-state index in [1.807, 2.05) is 4.90 Å². The monoisotopic (exact) mass is 293 g/mol. The minimum absolute atomic E-state index is 0.0809. The average molecular weight is 293 g/mol. The SMILES string of the molecule is NNc1c(CN2CCCCC2C(N)=O)cccc1[N+](=O)[O-]. The van der Waals surface area contributed by atoms with Gasteiger partial charge < -0.3 is 11.2 Å². The molecule has 0 aliphatic carbocycles. The molecule has 0 radical (unpaired) electrons. The molecule has 5 N–H and O–H groups in total. The summed E-state index contributed by atoms with van der Waals surface area (Å²) >= 11 is 0. The van der Waals surface area contributed by atoms with Gasteiger partial charge in [0.1, 0.15) is 5.69 Å². The molecule has 1 unspecified atom stereocenters. The van der Waals surface area contributed by atoms with Crippen molar-refractivity contribution < 1.29 is 9.72 Å². The van der Waals surface area contributed by atoms with Crippen molar-refractivity contribution in [3.63, 3.8) is 0 Å². The topological polar surface area (TPSA) is 128 Å².